The van der Waals surface area contributed by atoms with E-state index >= 15 is 0 Å². The van der Waals surface area contributed by atoms with Crippen molar-refractivity contribution in [3.8, 4) is 22.8 Å². The van der Waals surface area contributed by atoms with Crippen molar-refractivity contribution in [1.82, 2.24) is 14.6 Å². The molecule has 2 N–H and O–H groups in total. The summed E-state index contributed by atoms with van der Waals surface area (Å²) in [5, 5.41) is 21.3. The Labute approximate surface area is 175 Å². The van der Waals surface area contributed by atoms with E-state index in [1.54, 1.807) is 53.9 Å². The lowest BCUT2D eigenvalue weighted by Crippen LogP contribution is -2.18. The number of alkyl halides is 3. The molecule has 9 heteroatoms. The summed E-state index contributed by atoms with van der Waals surface area (Å²) in [6, 6.07) is 14.7. The fraction of sp³-hybridized carbons (Fsp3) is 0.182. The Kier molecular flexibility index (Phi) is 5.18. The van der Waals surface area contributed by atoms with Crippen LogP contribution in [0.3, 0.4) is 0 Å². The summed E-state index contributed by atoms with van der Waals surface area (Å²) in [6.07, 6.45) is -3.09. The minimum Gasteiger partial charge on any atom is -0.508 e. The molecule has 0 bridgehead atoms. The fourth-order valence-electron chi connectivity index (χ4n) is 3.35. The van der Waals surface area contributed by atoms with Gasteiger partial charge >= 0.3 is 6.36 Å². The van der Waals surface area contributed by atoms with Gasteiger partial charge in [-0.2, -0.15) is 0 Å². The maximum atomic E-state index is 12.9. The van der Waals surface area contributed by atoms with Crippen LogP contribution >= 0.6 is 0 Å². The molecule has 0 radical (unpaired) electrons. The molecule has 1 unspecified atom stereocenters. The van der Waals surface area contributed by atoms with E-state index in [1.165, 1.54) is 12.1 Å². The molecule has 1 atom stereocenters. The molecule has 6 nitrogen and oxygen atoms in total. The largest absolute Gasteiger partial charge is 0.573 e. The first-order valence-electron chi connectivity index (χ1n) is 9.47. The molecule has 2 heterocycles. The standard InChI is InChI=1S/C22H19F3N4O2/c1-13-8-9-17(19(11-13)31-22(23,24)25)20-18-7-4-10-29(18)21(28-27-20)26-14(2)15-5-3-6-16(30)12-15/h3-12,14,30H,1-2H3,(H,26,28). The Morgan fingerprint density at radius 2 is 1.87 bits per heavy atom. The molecule has 0 fully saturated rings. The number of rotatable bonds is 5. The Morgan fingerprint density at radius 3 is 2.61 bits per heavy atom. The number of aromatic hydroxyl groups is 1. The van der Waals surface area contributed by atoms with Crippen LogP contribution in [0.1, 0.15) is 24.1 Å². The molecular formula is C22H19F3N4O2. The van der Waals surface area contributed by atoms with Gasteiger partial charge in [0.05, 0.1) is 11.6 Å². The fourth-order valence-corrected chi connectivity index (χ4v) is 3.35. The van der Waals surface area contributed by atoms with Gasteiger partial charge in [-0.1, -0.05) is 18.2 Å². The number of aryl methyl sites for hydroxylation is 1. The van der Waals surface area contributed by atoms with Gasteiger partial charge in [0.25, 0.3) is 0 Å². The molecule has 0 aliphatic rings. The molecule has 4 aromatic rings. The number of phenols is 1. The van der Waals surface area contributed by atoms with Crippen molar-refractivity contribution >= 4 is 11.5 Å². The van der Waals surface area contributed by atoms with Gasteiger partial charge in [-0.05, 0) is 61.4 Å². The van der Waals surface area contributed by atoms with Crippen LogP contribution in [0, 0.1) is 6.92 Å². The van der Waals surface area contributed by atoms with Crippen molar-refractivity contribution in [2.45, 2.75) is 26.3 Å². The van der Waals surface area contributed by atoms with E-state index in [0.717, 1.165) is 5.56 Å². The van der Waals surface area contributed by atoms with Gasteiger partial charge < -0.3 is 15.2 Å². The summed E-state index contributed by atoms with van der Waals surface area (Å²) < 4.78 is 44.7. The summed E-state index contributed by atoms with van der Waals surface area (Å²) in [7, 11) is 0. The van der Waals surface area contributed by atoms with Crippen LogP contribution in [0.4, 0.5) is 19.1 Å². The van der Waals surface area contributed by atoms with E-state index in [2.05, 4.69) is 20.3 Å². The van der Waals surface area contributed by atoms with Gasteiger partial charge in [-0.3, -0.25) is 4.40 Å². The number of hydrogen-bond donors (Lipinski definition) is 2. The molecule has 0 spiro atoms. The minimum atomic E-state index is -4.83. The molecule has 0 amide bonds. The molecule has 0 saturated carbocycles. The highest BCUT2D eigenvalue weighted by Gasteiger charge is 2.33. The van der Waals surface area contributed by atoms with Crippen molar-refractivity contribution < 1.29 is 23.0 Å². The summed E-state index contributed by atoms with van der Waals surface area (Å²) in [5.74, 6) is 0.221. The van der Waals surface area contributed by atoms with Crippen LogP contribution in [0.25, 0.3) is 16.8 Å². The third kappa shape index (κ3) is 4.40. The third-order valence-electron chi connectivity index (χ3n) is 4.80. The molecular weight excluding hydrogens is 409 g/mol. The summed E-state index contributed by atoms with van der Waals surface area (Å²) in [4.78, 5) is 0. The number of halogens is 3. The van der Waals surface area contributed by atoms with E-state index in [-0.39, 0.29) is 28.8 Å². The second-order valence-corrected chi connectivity index (χ2v) is 7.14. The van der Waals surface area contributed by atoms with Crippen LogP contribution in [0.2, 0.25) is 0 Å². The SMILES string of the molecule is Cc1ccc(-c2nnc(NC(C)c3cccc(O)c3)n3cccc23)c(OC(F)(F)F)c1. The Balaban J connectivity index is 1.74. The van der Waals surface area contributed by atoms with Crippen molar-refractivity contribution in [2.24, 2.45) is 0 Å². The van der Waals surface area contributed by atoms with Crippen molar-refractivity contribution in [2.75, 3.05) is 5.32 Å². The van der Waals surface area contributed by atoms with E-state index in [0.29, 0.717) is 17.0 Å². The lowest BCUT2D eigenvalue weighted by molar-refractivity contribution is -0.274. The highest BCUT2D eigenvalue weighted by Crippen LogP contribution is 2.36. The summed E-state index contributed by atoms with van der Waals surface area (Å²) in [6.45, 7) is 3.58. The van der Waals surface area contributed by atoms with Gasteiger partial charge in [0.15, 0.2) is 0 Å². The van der Waals surface area contributed by atoms with Gasteiger partial charge in [0.1, 0.15) is 17.2 Å². The molecule has 0 aliphatic heterocycles. The van der Waals surface area contributed by atoms with E-state index in [4.69, 9.17) is 0 Å². The molecule has 0 saturated heterocycles. The Hall–Kier alpha value is -3.75. The normalized spacial score (nSPS) is 12.7. The zero-order valence-electron chi connectivity index (χ0n) is 16.7. The number of phenolic OH excluding ortho intramolecular Hbond substituents is 1. The second-order valence-electron chi connectivity index (χ2n) is 7.14. The maximum absolute atomic E-state index is 12.9. The van der Waals surface area contributed by atoms with Crippen LogP contribution in [-0.2, 0) is 0 Å². The topological polar surface area (TPSA) is 71.7 Å². The molecule has 0 aliphatic carbocycles. The van der Waals surface area contributed by atoms with Crippen LogP contribution in [0.5, 0.6) is 11.5 Å². The average Bonchev–Trinajstić information content (AvgIpc) is 3.18. The van der Waals surface area contributed by atoms with E-state index in [9.17, 15) is 18.3 Å². The highest BCUT2D eigenvalue weighted by molar-refractivity contribution is 5.81. The summed E-state index contributed by atoms with van der Waals surface area (Å²) >= 11 is 0. The second kappa shape index (κ2) is 7.82. The highest BCUT2D eigenvalue weighted by atomic mass is 19.4. The Bertz CT molecular complexity index is 1240. The number of nitrogens with one attached hydrogen (secondary N) is 1. The smallest absolute Gasteiger partial charge is 0.508 e. The number of fused-ring (bicyclic) bond motifs is 1. The maximum Gasteiger partial charge on any atom is 0.573 e. The van der Waals surface area contributed by atoms with Gasteiger partial charge in [0, 0.05) is 11.8 Å². The first-order chi connectivity index (χ1) is 14.7. The molecule has 2 aromatic carbocycles. The quantitative estimate of drug-likeness (QED) is 0.440. The first-order valence-corrected chi connectivity index (χ1v) is 9.47. The number of benzene rings is 2. The van der Waals surface area contributed by atoms with Crippen LogP contribution < -0.4 is 10.1 Å². The minimum absolute atomic E-state index is 0.148. The van der Waals surface area contributed by atoms with Crippen molar-refractivity contribution in [1.29, 1.82) is 0 Å². The molecule has 2 aromatic heterocycles. The zero-order chi connectivity index (χ0) is 22.2. The number of hydrogen-bond acceptors (Lipinski definition) is 5. The lowest BCUT2D eigenvalue weighted by Gasteiger charge is -2.18. The number of aromatic nitrogens is 3. The zero-order valence-corrected chi connectivity index (χ0v) is 16.7. The monoisotopic (exact) mass is 428 g/mol. The third-order valence-corrected chi connectivity index (χ3v) is 4.80. The number of ether oxygens (including phenoxy) is 1. The van der Waals surface area contributed by atoms with E-state index in [1.807, 2.05) is 13.0 Å². The van der Waals surface area contributed by atoms with Crippen molar-refractivity contribution in [3.05, 3.63) is 71.9 Å². The Morgan fingerprint density at radius 1 is 1.06 bits per heavy atom. The van der Waals surface area contributed by atoms with Crippen LogP contribution in [0.15, 0.2) is 60.8 Å². The average molecular weight is 428 g/mol. The van der Waals surface area contributed by atoms with Gasteiger partial charge in [-0.25, -0.2) is 0 Å². The van der Waals surface area contributed by atoms with Gasteiger partial charge in [0.2, 0.25) is 5.95 Å². The predicted octanol–water partition coefficient (Wildman–Crippen LogP) is 5.48. The predicted molar refractivity (Wildman–Crippen MR) is 110 cm³/mol. The first kappa shape index (κ1) is 20.5. The number of anilines is 1. The van der Waals surface area contributed by atoms with E-state index < -0.39 is 6.36 Å². The molecule has 4 rings (SSSR count). The number of nitrogens with zero attached hydrogens (tertiary/aromatic N) is 3. The molecule has 31 heavy (non-hydrogen) atoms. The summed E-state index contributed by atoms with van der Waals surface area (Å²) in [5.41, 5.74) is 2.48. The molecule has 160 valence electrons. The van der Waals surface area contributed by atoms with Gasteiger partial charge in [-0.15, -0.1) is 23.4 Å². The van der Waals surface area contributed by atoms with Crippen LogP contribution in [-0.4, -0.2) is 26.1 Å². The van der Waals surface area contributed by atoms with Crippen molar-refractivity contribution in [3.63, 3.8) is 0 Å². The lowest BCUT2D eigenvalue weighted by atomic mass is 10.1.